The molecular weight excluding hydrogens is 210 g/mol. The molecule has 1 fully saturated rings. The number of nitrogens with one attached hydrogen (secondary N) is 2. The molecule has 1 aromatic rings. The van der Waals surface area contributed by atoms with Gasteiger partial charge >= 0.3 is 0 Å². The Morgan fingerprint density at radius 1 is 1.67 bits per heavy atom. The molecule has 0 bridgehead atoms. The fraction of sp³-hybridized carbons (Fsp3) is 0.400. The molecule has 0 aliphatic carbocycles. The number of aromatic nitrogens is 1. The highest BCUT2D eigenvalue weighted by atomic mass is 32.2. The lowest BCUT2D eigenvalue weighted by Gasteiger charge is -2.09. The van der Waals surface area contributed by atoms with Crippen LogP contribution in [0.25, 0.3) is 0 Å². The van der Waals surface area contributed by atoms with Gasteiger partial charge in [-0.3, -0.25) is 15.1 Å². The maximum absolute atomic E-state index is 11.7. The van der Waals surface area contributed by atoms with Crippen molar-refractivity contribution >= 4 is 23.4 Å². The molecule has 0 saturated carbocycles. The first-order chi connectivity index (χ1) is 7.25. The molecule has 1 atom stereocenters. The van der Waals surface area contributed by atoms with Crippen LogP contribution in [0, 0.1) is 6.92 Å². The maximum Gasteiger partial charge on any atom is 0.242 e. The van der Waals surface area contributed by atoms with Gasteiger partial charge in [-0.2, -0.15) is 0 Å². The van der Waals surface area contributed by atoms with E-state index in [-0.39, 0.29) is 11.9 Å². The van der Waals surface area contributed by atoms with E-state index in [2.05, 4.69) is 15.6 Å². The van der Waals surface area contributed by atoms with Crippen LogP contribution in [0.4, 0.5) is 5.69 Å². The number of pyridine rings is 1. The summed E-state index contributed by atoms with van der Waals surface area (Å²) >= 11 is 1.74. The summed E-state index contributed by atoms with van der Waals surface area (Å²) in [4.78, 5) is 15.8. The van der Waals surface area contributed by atoms with Crippen molar-refractivity contribution < 1.29 is 4.79 Å². The molecule has 15 heavy (non-hydrogen) atoms. The van der Waals surface area contributed by atoms with E-state index in [9.17, 15) is 4.79 Å². The van der Waals surface area contributed by atoms with Crippen molar-refractivity contribution in [3.63, 3.8) is 0 Å². The van der Waals surface area contributed by atoms with E-state index in [4.69, 9.17) is 0 Å². The van der Waals surface area contributed by atoms with E-state index in [1.165, 1.54) is 0 Å². The molecule has 4 nitrogen and oxygen atoms in total. The number of thioether (sulfide) groups is 1. The minimum Gasteiger partial charge on any atom is -0.323 e. The van der Waals surface area contributed by atoms with Crippen molar-refractivity contribution in [3.8, 4) is 0 Å². The van der Waals surface area contributed by atoms with Crippen LogP contribution in [0.1, 0.15) is 5.69 Å². The van der Waals surface area contributed by atoms with Crippen LogP contribution >= 0.6 is 11.8 Å². The third kappa shape index (κ3) is 2.70. The van der Waals surface area contributed by atoms with Crippen LogP contribution in [0.5, 0.6) is 0 Å². The van der Waals surface area contributed by atoms with Crippen molar-refractivity contribution in [2.75, 3.05) is 16.9 Å². The molecule has 1 saturated heterocycles. The predicted octanol–water partition coefficient (Wildman–Crippen LogP) is 0.991. The Morgan fingerprint density at radius 3 is 3.13 bits per heavy atom. The van der Waals surface area contributed by atoms with Gasteiger partial charge in [-0.15, -0.1) is 11.8 Å². The Kier molecular flexibility index (Phi) is 3.23. The Bertz CT molecular complexity index is 346. The van der Waals surface area contributed by atoms with Crippen molar-refractivity contribution in [2.45, 2.75) is 13.0 Å². The summed E-state index contributed by atoms with van der Waals surface area (Å²) in [6.07, 6.45) is 1.68. The third-order valence-electron chi connectivity index (χ3n) is 2.21. The molecule has 2 heterocycles. The quantitative estimate of drug-likeness (QED) is 0.785. The van der Waals surface area contributed by atoms with Gasteiger partial charge in [0.2, 0.25) is 5.91 Å². The van der Waals surface area contributed by atoms with E-state index < -0.39 is 0 Å². The van der Waals surface area contributed by atoms with E-state index in [0.29, 0.717) is 0 Å². The highest BCUT2D eigenvalue weighted by molar-refractivity contribution is 7.99. The highest BCUT2D eigenvalue weighted by Gasteiger charge is 2.22. The van der Waals surface area contributed by atoms with E-state index in [0.717, 1.165) is 23.0 Å². The van der Waals surface area contributed by atoms with Gasteiger partial charge < -0.3 is 5.32 Å². The molecule has 2 rings (SSSR count). The fourth-order valence-electron chi connectivity index (χ4n) is 1.33. The molecule has 1 aliphatic rings. The number of aryl methyl sites for hydroxylation is 1. The van der Waals surface area contributed by atoms with Gasteiger partial charge in [0.05, 0.1) is 17.9 Å². The molecule has 1 amide bonds. The van der Waals surface area contributed by atoms with Crippen LogP contribution in [0.3, 0.4) is 0 Å². The first kappa shape index (κ1) is 10.4. The number of anilines is 1. The lowest BCUT2D eigenvalue weighted by atomic mass is 10.3. The molecule has 0 aromatic carbocycles. The van der Waals surface area contributed by atoms with Crippen molar-refractivity contribution in [2.24, 2.45) is 0 Å². The van der Waals surface area contributed by atoms with Gasteiger partial charge in [0.25, 0.3) is 0 Å². The second-order valence-corrected chi connectivity index (χ2v) is 4.48. The number of rotatable bonds is 2. The fourth-order valence-corrected chi connectivity index (χ4v) is 2.28. The maximum atomic E-state index is 11.7. The van der Waals surface area contributed by atoms with Crippen LogP contribution in [0.15, 0.2) is 18.3 Å². The number of hydrogen-bond donors (Lipinski definition) is 2. The van der Waals surface area contributed by atoms with Gasteiger partial charge in [-0.25, -0.2) is 0 Å². The van der Waals surface area contributed by atoms with E-state index >= 15 is 0 Å². The molecule has 0 radical (unpaired) electrons. The standard InChI is InChI=1S/C10H13N3OS/c1-7-2-3-8(4-11-7)13-10(14)9-5-15-6-12-9/h2-4,9,12H,5-6H2,1H3,(H,13,14). The average molecular weight is 223 g/mol. The second kappa shape index (κ2) is 4.63. The molecule has 0 spiro atoms. The van der Waals surface area contributed by atoms with Crippen LogP contribution in [0.2, 0.25) is 0 Å². The molecular formula is C10H13N3OS. The highest BCUT2D eigenvalue weighted by Crippen LogP contribution is 2.12. The summed E-state index contributed by atoms with van der Waals surface area (Å²) in [5, 5.41) is 5.95. The molecule has 1 unspecified atom stereocenters. The zero-order chi connectivity index (χ0) is 10.7. The Labute approximate surface area is 92.9 Å². The SMILES string of the molecule is Cc1ccc(NC(=O)C2CSCN2)cn1. The van der Waals surface area contributed by atoms with Crippen molar-refractivity contribution in [3.05, 3.63) is 24.0 Å². The second-order valence-electron chi connectivity index (χ2n) is 3.45. The molecule has 1 aliphatic heterocycles. The third-order valence-corrected chi connectivity index (χ3v) is 3.15. The molecule has 1 aromatic heterocycles. The number of nitrogens with zero attached hydrogens (tertiary/aromatic N) is 1. The number of hydrogen-bond acceptors (Lipinski definition) is 4. The van der Waals surface area contributed by atoms with Crippen LogP contribution < -0.4 is 10.6 Å². The molecule has 2 N–H and O–H groups in total. The lowest BCUT2D eigenvalue weighted by Crippen LogP contribution is -2.37. The zero-order valence-corrected chi connectivity index (χ0v) is 9.30. The zero-order valence-electron chi connectivity index (χ0n) is 8.49. The van der Waals surface area contributed by atoms with Gasteiger partial charge in [-0.1, -0.05) is 0 Å². The van der Waals surface area contributed by atoms with Crippen LogP contribution in [-0.4, -0.2) is 28.6 Å². The van der Waals surface area contributed by atoms with Gasteiger partial charge in [0, 0.05) is 17.3 Å². The number of carbonyl (C=O) groups is 1. The smallest absolute Gasteiger partial charge is 0.242 e. The van der Waals surface area contributed by atoms with Gasteiger partial charge in [0.1, 0.15) is 0 Å². The normalized spacial score (nSPS) is 20.2. The summed E-state index contributed by atoms with van der Waals surface area (Å²) in [7, 11) is 0. The number of carbonyl (C=O) groups excluding carboxylic acids is 1. The van der Waals surface area contributed by atoms with E-state index in [1.54, 1.807) is 18.0 Å². The largest absolute Gasteiger partial charge is 0.323 e. The minimum atomic E-state index is -0.0729. The summed E-state index contributed by atoms with van der Waals surface area (Å²) < 4.78 is 0. The monoisotopic (exact) mass is 223 g/mol. The Morgan fingerprint density at radius 2 is 2.53 bits per heavy atom. The number of amides is 1. The average Bonchev–Trinajstić information content (AvgIpc) is 2.74. The van der Waals surface area contributed by atoms with Crippen molar-refractivity contribution in [1.29, 1.82) is 0 Å². The first-order valence-electron chi connectivity index (χ1n) is 4.80. The Balaban J connectivity index is 1.96. The summed E-state index contributed by atoms with van der Waals surface area (Å²) in [6, 6.07) is 3.67. The first-order valence-corrected chi connectivity index (χ1v) is 5.96. The molecule has 80 valence electrons. The summed E-state index contributed by atoms with van der Waals surface area (Å²) in [5.41, 5.74) is 1.70. The topological polar surface area (TPSA) is 54.0 Å². The van der Waals surface area contributed by atoms with Gasteiger partial charge in [0.15, 0.2) is 0 Å². The predicted molar refractivity (Wildman–Crippen MR) is 61.9 cm³/mol. The molecule has 5 heteroatoms. The van der Waals surface area contributed by atoms with Crippen molar-refractivity contribution in [1.82, 2.24) is 10.3 Å². The summed E-state index contributed by atoms with van der Waals surface area (Å²) in [5.74, 6) is 1.71. The summed E-state index contributed by atoms with van der Waals surface area (Å²) in [6.45, 7) is 1.92. The Hall–Kier alpha value is -1.07. The minimum absolute atomic E-state index is 0.0191. The van der Waals surface area contributed by atoms with E-state index in [1.807, 2.05) is 19.1 Å². The lowest BCUT2D eigenvalue weighted by molar-refractivity contribution is -0.117. The van der Waals surface area contributed by atoms with Crippen LogP contribution in [-0.2, 0) is 4.79 Å². The van der Waals surface area contributed by atoms with Gasteiger partial charge in [-0.05, 0) is 19.1 Å².